The molecule has 4 N–H and O–H groups in total. The van der Waals surface area contributed by atoms with E-state index in [9.17, 15) is 19.5 Å². The number of carboxylic acid groups (broad SMARTS) is 2. The Balaban J connectivity index is 4.17. The van der Waals surface area contributed by atoms with Crippen LogP contribution in [0.4, 0.5) is 0 Å². The molecule has 0 aliphatic rings. The van der Waals surface area contributed by atoms with E-state index in [-0.39, 0.29) is 30.4 Å². The normalized spacial score (nSPS) is 13.2. The second-order valence-corrected chi connectivity index (χ2v) is 9.44. The summed E-state index contributed by atoms with van der Waals surface area (Å²) in [5.74, 6) is -1.98. The largest absolute Gasteiger partial charge is 0.481 e. The zero-order valence-electron chi connectivity index (χ0n) is 19.6. The molecular formula is C24H43NO6S. The molecule has 2 unspecified atom stereocenters. The number of hydrogen-bond donors (Lipinski definition) is 4. The van der Waals surface area contributed by atoms with Crippen LogP contribution in [0.25, 0.3) is 0 Å². The maximum Gasteiger partial charge on any atom is 0.322 e. The van der Waals surface area contributed by atoms with Gasteiger partial charge in [0.25, 0.3) is 0 Å². The molecule has 0 spiro atoms. The van der Waals surface area contributed by atoms with Crippen molar-refractivity contribution in [3.8, 4) is 0 Å². The number of carbonyl (C=O) groups excluding carboxylic acids is 1. The lowest BCUT2D eigenvalue weighted by Crippen LogP contribution is -2.30. The van der Waals surface area contributed by atoms with E-state index in [0.717, 1.165) is 12.8 Å². The number of carboxylic acids is 2. The van der Waals surface area contributed by atoms with Gasteiger partial charge < -0.3 is 20.6 Å². The van der Waals surface area contributed by atoms with Crippen molar-refractivity contribution < 1.29 is 29.7 Å². The van der Waals surface area contributed by atoms with Crippen LogP contribution in [0, 0.1) is 0 Å². The van der Waals surface area contributed by atoms with E-state index < -0.39 is 24.6 Å². The van der Waals surface area contributed by atoms with E-state index in [4.69, 9.17) is 10.2 Å². The summed E-state index contributed by atoms with van der Waals surface area (Å²) in [6.45, 7) is 1.82. The predicted molar refractivity (Wildman–Crippen MR) is 130 cm³/mol. The molecule has 0 aliphatic heterocycles. The highest BCUT2D eigenvalue weighted by atomic mass is 32.2. The zero-order valence-corrected chi connectivity index (χ0v) is 20.4. The first kappa shape index (κ1) is 30.5. The van der Waals surface area contributed by atoms with Crippen LogP contribution in [0.3, 0.4) is 0 Å². The first-order valence-electron chi connectivity index (χ1n) is 12.0. The summed E-state index contributed by atoms with van der Waals surface area (Å²) in [5, 5.41) is 29.8. The van der Waals surface area contributed by atoms with Gasteiger partial charge in [0, 0.05) is 23.8 Å². The molecular weight excluding hydrogens is 430 g/mol. The molecule has 1 amide bonds. The second kappa shape index (κ2) is 21.3. The Hall–Kier alpha value is -1.54. The Kier molecular flexibility index (Phi) is 20.3. The molecule has 7 nitrogen and oxygen atoms in total. The molecule has 0 aromatic rings. The molecule has 0 fully saturated rings. The number of amides is 1. The van der Waals surface area contributed by atoms with Crippen LogP contribution in [0.1, 0.15) is 96.8 Å². The third kappa shape index (κ3) is 20.4. The van der Waals surface area contributed by atoms with Crippen LogP contribution in [-0.2, 0) is 14.4 Å². The Morgan fingerprint density at radius 2 is 1.47 bits per heavy atom. The van der Waals surface area contributed by atoms with Gasteiger partial charge in [-0.1, -0.05) is 76.9 Å². The Bertz CT molecular complexity index is 541. The first-order valence-corrected chi connectivity index (χ1v) is 13.1. The van der Waals surface area contributed by atoms with Gasteiger partial charge in [-0.25, -0.2) is 0 Å². The molecule has 0 aromatic carbocycles. The lowest BCUT2D eigenvalue weighted by atomic mass is 10.1. The minimum atomic E-state index is -1.09. The fourth-order valence-electron chi connectivity index (χ4n) is 3.26. The number of unbranched alkanes of at least 4 members (excludes halogenated alkanes) is 10. The van der Waals surface area contributed by atoms with Crippen molar-refractivity contribution in [2.24, 2.45) is 0 Å². The minimum Gasteiger partial charge on any atom is -0.481 e. The highest BCUT2D eigenvalue weighted by molar-refractivity contribution is 8.00. The molecule has 0 saturated carbocycles. The lowest BCUT2D eigenvalue weighted by Gasteiger charge is -2.19. The third-order valence-corrected chi connectivity index (χ3v) is 6.46. The molecule has 0 bridgehead atoms. The van der Waals surface area contributed by atoms with Crippen molar-refractivity contribution in [1.29, 1.82) is 0 Å². The Labute approximate surface area is 197 Å². The number of hydrogen-bond acceptors (Lipinski definition) is 5. The summed E-state index contributed by atoms with van der Waals surface area (Å²) >= 11 is 1.39. The number of allylic oxidation sites excluding steroid dienone is 1. The maximum atomic E-state index is 11.6. The topological polar surface area (TPSA) is 124 Å². The van der Waals surface area contributed by atoms with Crippen molar-refractivity contribution in [3.05, 3.63) is 12.2 Å². The third-order valence-electron chi connectivity index (χ3n) is 5.16. The van der Waals surface area contributed by atoms with E-state index in [1.165, 1.54) is 69.5 Å². The zero-order chi connectivity index (χ0) is 24.0. The van der Waals surface area contributed by atoms with Gasteiger partial charge in [0.2, 0.25) is 5.91 Å². The van der Waals surface area contributed by atoms with Crippen LogP contribution in [0.15, 0.2) is 12.2 Å². The maximum absolute atomic E-state index is 11.6. The number of aliphatic hydroxyl groups is 1. The molecule has 0 aromatic heterocycles. The summed E-state index contributed by atoms with van der Waals surface area (Å²) in [4.78, 5) is 32.9. The smallest absolute Gasteiger partial charge is 0.322 e. The molecule has 0 saturated heterocycles. The number of nitrogens with one attached hydrogen (secondary N) is 1. The van der Waals surface area contributed by atoms with Gasteiger partial charge >= 0.3 is 11.9 Å². The van der Waals surface area contributed by atoms with Crippen LogP contribution in [-0.4, -0.2) is 56.8 Å². The van der Waals surface area contributed by atoms with E-state index >= 15 is 0 Å². The molecule has 0 rings (SSSR count). The number of carbonyl (C=O) groups is 3. The van der Waals surface area contributed by atoms with Gasteiger partial charge in [-0.15, -0.1) is 0 Å². The fraction of sp³-hybridized carbons (Fsp3) is 0.792. The van der Waals surface area contributed by atoms with E-state index in [2.05, 4.69) is 12.2 Å². The lowest BCUT2D eigenvalue weighted by molar-refractivity contribution is -0.138. The SMILES string of the molecule is CCCCCCCCCCCC/C=C\C(SCCC(=O)NCC(=O)O)C(O)CCC(=O)O. The van der Waals surface area contributed by atoms with Gasteiger partial charge in [-0.2, -0.15) is 11.8 Å². The standard InChI is InChI=1S/C24H43NO6S/c1-2-3-4-5-6-7-8-9-10-11-12-13-14-21(20(26)15-16-23(28)29)32-18-17-22(27)25-19-24(30)31/h13-14,20-21,26H,2-12,15-19H2,1H3,(H,25,27)(H,28,29)(H,30,31)/b14-13-. The number of thioether (sulfide) groups is 1. The number of aliphatic carboxylic acids is 2. The van der Waals surface area contributed by atoms with Crippen LogP contribution < -0.4 is 5.32 Å². The predicted octanol–water partition coefficient (Wildman–Crippen LogP) is 4.77. The van der Waals surface area contributed by atoms with Crippen molar-refractivity contribution in [3.63, 3.8) is 0 Å². The van der Waals surface area contributed by atoms with Gasteiger partial charge in [0.05, 0.1) is 6.10 Å². The highest BCUT2D eigenvalue weighted by Crippen LogP contribution is 2.21. The molecule has 186 valence electrons. The average molecular weight is 474 g/mol. The summed E-state index contributed by atoms with van der Waals surface area (Å²) < 4.78 is 0. The summed E-state index contributed by atoms with van der Waals surface area (Å²) in [6, 6.07) is 0. The van der Waals surface area contributed by atoms with E-state index in [1.54, 1.807) is 0 Å². The summed E-state index contributed by atoms with van der Waals surface area (Å²) in [6.07, 6.45) is 17.0. The Morgan fingerprint density at radius 1 is 0.875 bits per heavy atom. The summed E-state index contributed by atoms with van der Waals surface area (Å²) in [5.41, 5.74) is 0. The number of aliphatic hydroxyl groups excluding tert-OH is 1. The van der Waals surface area contributed by atoms with Crippen molar-refractivity contribution in [1.82, 2.24) is 5.32 Å². The number of rotatable bonds is 22. The first-order chi connectivity index (χ1) is 15.4. The molecule has 0 radical (unpaired) electrons. The molecule has 8 heteroatoms. The second-order valence-electron chi connectivity index (χ2n) is 8.15. The fourth-order valence-corrected chi connectivity index (χ4v) is 4.42. The van der Waals surface area contributed by atoms with Crippen molar-refractivity contribution in [2.45, 2.75) is 108 Å². The molecule has 2 atom stereocenters. The quantitative estimate of drug-likeness (QED) is 0.132. The average Bonchev–Trinajstić information content (AvgIpc) is 2.75. The summed E-state index contributed by atoms with van der Waals surface area (Å²) in [7, 11) is 0. The van der Waals surface area contributed by atoms with Gasteiger partial charge in [-0.3, -0.25) is 14.4 Å². The van der Waals surface area contributed by atoms with E-state index in [1.807, 2.05) is 12.2 Å². The van der Waals surface area contributed by atoms with Crippen LogP contribution in [0.5, 0.6) is 0 Å². The Morgan fingerprint density at radius 3 is 2.03 bits per heavy atom. The van der Waals surface area contributed by atoms with Crippen molar-refractivity contribution >= 4 is 29.6 Å². The van der Waals surface area contributed by atoms with Crippen molar-refractivity contribution in [2.75, 3.05) is 12.3 Å². The van der Waals surface area contributed by atoms with Gasteiger partial charge in [0.1, 0.15) is 6.54 Å². The van der Waals surface area contributed by atoms with Crippen LogP contribution in [0.2, 0.25) is 0 Å². The highest BCUT2D eigenvalue weighted by Gasteiger charge is 2.18. The van der Waals surface area contributed by atoms with Crippen LogP contribution >= 0.6 is 11.8 Å². The molecule has 0 aliphatic carbocycles. The van der Waals surface area contributed by atoms with E-state index in [0.29, 0.717) is 5.75 Å². The minimum absolute atomic E-state index is 0.108. The monoisotopic (exact) mass is 473 g/mol. The molecule has 32 heavy (non-hydrogen) atoms. The van der Waals surface area contributed by atoms with Gasteiger partial charge in [-0.05, 0) is 19.3 Å². The van der Waals surface area contributed by atoms with Gasteiger partial charge in [0.15, 0.2) is 0 Å². The molecule has 0 heterocycles.